The zero-order valence-corrected chi connectivity index (χ0v) is 10.2. The van der Waals surface area contributed by atoms with E-state index in [1.165, 1.54) is 10.9 Å². The Hall–Kier alpha value is -2.01. The molecule has 0 aliphatic carbocycles. The van der Waals surface area contributed by atoms with Crippen molar-refractivity contribution in [2.24, 2.45) is 0 Å². The second-order valence-corrected chi connectivity index (χ2v) is 4.51. The fraction of sp³-hybridized carbons (Fsp3) is 0.500. The van der Waals surface area contributed by atoms with Crippen LogP contribution in [-0.2, 0) is 4.74 Å². The zero-order chi connectivity index (χ0) is 14.4. The van der Waals surface area contributed by atoms with E-state index in [2.05, 4.69) is 15.0 Å². The molecule has 0 radical (unpaired) electrons. The number of ether oxygens (including phenoxy) is 1. The Labute approximate surface area is 111 Å². The van der Waals surface area contributed by atoms with E-state index in [1.54, 1.807) is 0 Å². The predicted octanol–water partition coefficient (Wildman–Crippen LogP) is -2.69. The normalized spacial score (nSPS) is 30.1. The van der Waals surface area contributed by atoms with Crippen LogP contribution in [0.15, 0.2) is 11.1 Å². The van der Waals surface area contributed by atoms with Gasteiger partial charge in [0, 0.05) is 0 Å². The highest BCUT2D eigenvalue weighted by atomic mass is 16.6. The van der Waals surface area contributed by atoms with Crippen LogP contribution in [0.5, 0.6) is 0 Å². The van der Waals surface area contributed by atoms with Crippen LogP contribution < -0.4 is 11.4 Å². The summed E-state index contributed by atoms with van der Waals surface area (Å²) in [6.07, 6.45) is -3.18. The number of rotatable bonds is 2. The van der Waals surface area contributed by atoms with Gasteiger partial charge in [-0.25, -0.2) is 9.78 Å². The maximum absolute atomic E-state index is 11.4. The first-order valence-electron chi connectivity index (χ1n) is 5.87. The number of H-pyrrole nitrogens is 1. The third-order valence-electron chi connectivity index (χ3n) is 3.26. The number of aliphatic hydroxyl groups is 3. The summed E-state index contributed by atoms with van der Waals surface area (Å²) in [4.78, 5) is 21.4. The predicted molar refractivity (Wildman–Crippen MR) is 65.6 cm³/mol. The van der Waals surface area contributed by atoms with Crippen LogP contribution in [0.25, 0.3) is 11.2 Å². The van der Waals surface area contributed by atoms with Crippen molar-refractivity contribution < 1.29 is 20.1 Å². The van der Waals surface area contributed by atoms with Gasteiger partial charge in [0.1, 0.15) is 29.6 Å². The van der Waals surface area contributed by atoms with Gasteiger partial charge in [-0.05, 0) is 0 Å². The SMILES string of the molecule is Nc1[nH]c(=O)nc2c1ncn2[C@@H]1O[C@@H](CO)[C@@H](O)[C@H]1O. The molecule has 0 aromatic carbocycles. The Balaban J connectivity index is 2.09. The standard InChI is InChI=1S/C10H13N5O5/c11-7-4-8(14-10(19)13-7)15(2-12-4)9-6(18)5(17)3(1-16)20-9/h2-3,5-6,9,16-18H,1H2,(H3,11,13,14,19)/t3-,5+,6+,9+/m0/s1. The topological polar surface area (TPSA) is 160 Å². The third kappa shape index (κ3) is 1.78. The summed E-state index contributed by atoms with van der Waals surface area (Å²) >= 11 is 0. The molecule has 108 valence electrons. The Morgan fingerprint density at radius 1 is 1.45 bits per heavy atom. The molecule has 0 spiro atoms. The van der Waals surface area contributed by atoms with Crippen LogP contribution in [0, 0.1) is 0 Å². The quantitative estimate of drug-likeness (QED) is 0.398. The summed E-state index contributed by atoms with van der Waals surface area (Å²) < 4.78 is 6.64. The number of aromatic nitrogens is 4. The molecule has 0 saturated carbocycles. The minimum Gasteiger partial charge on any atom is -0.394 e. The molecule has 10 heteroatoms. The molecule has 1 aliphatic rings. The third-order valence-corrected chi connectivity index (χ3v) is 3.26. The smallest absolute Gasteiger partial charge is 0.348 e. The first-order chi connectivity index (χ1) is 9.52. The molecule has 0 bridgehead atoms. The molecular formula is C10H13N5O5. The van der Waals surface area contributed by atoms with Crippen LogP contribution in [0.1, 0.15) is 6.23 Å². The van der Waals surface area contributed by atoms with Crippen LogP contribution in [0.3, 0.4) is 0 Å². The number of imidazole rings is 1. The van der Waals surface area contributed by atoms with E-state index in [4.69, 9.17) is 15.6 Å². The van der Waals surface area contributed by atoms with Crippen molar-refractivity contribution >= 4 is 17.0 Å². The van der Waals surface area contributed by atoms with Crippen molar-refractivity contribution in [3.05, 3.63) is 16.8 Å². The zero-order valence-electron chi connectivity index (χ0n) is 10.2. The largest absolute Gasteiger partial charge is 0.394 e. The fourth-order valence-corrected chi connectivity index (χ4v) is 2.25. The molecule has 1 aliphatic heterocycles. The molecule has 2 aromatic rings. The van der Waals surface area contributed by atoms with Crippen molar-refractivity contribution in [3.8, 4) is 0 Å². The van der Waals surface area contributed by atoms with E-state index in [9.17, 15) is 15.0 Å². The summed E-state index contributed by atoms with van der Waals surface area (Å²) in [5.74, 6) is 0.0468. The Morgan fingerprint density at radius 3 is 2.85 bits per heavy atom. The lowest BCUT2D eigenvalue weighted by molar-refractivity contribution is -0.0511. The number of nitrogens with two attached hydrogens (primary N) is 1. The average molecular weight is 283 g/mol. The summed E-state index contributed by atoms with van der Waals surface area (Å²) in [5.41, 5.74) is 5.34. The summed E-state index contributed by atoms with van der Waals surface area (Å²) in [7, 11) is 0. The number of nitrogen functional groups attached to an aromatic ring is 1. The Kier molecular flexibility index (Phi) is 2.94. The molecule has 6 N–H and O–H groups in total. The fourth-order valence-electron chi connectivity index (χ4n) is 2.25. The van der Waals surface area contributed by atoms with Gasteiger partial charge < -0.3 is 25.8 Å². The van der Waals surface area contributed by atoms with E-state index in [1.807, 2.05) is 0 Å². The van der Waals surface area contributed by atoms with Gasteiger partial charge in [-0.3, -0.25) is 9.55 Å². The van der Waals surface area contributed by atoms with Crippen LogP contribution in [0.4, 0.5) is 5.82 Å². The Morgan fingerprint density at radius 2 is 2.20 bits per heavy atom. The van der Waals surface area contributed by atoms with Crippen LogP contribution in [-0.4, -0.2) is 59.8 Å². The van der Waals surface area contributed by atoms with E-state index in [0.717, 1.165) is 0 Å². The van der Waals surface area contributed by atoms with Crippen LogP contribution >= 0.6 is 0 Å². The highest BCUT2D eigenvalue weighted by molar-refractivity contribution is 5.81. The number of aliphatic hydroxyl groups excluding tert-OH is 3. The molecule has 2 aromatic heterocycles. The number of hydrogen-bond acceptors (Lipinski definition) is 8. The molecule has 20 heavy (non-hydrogen) atoms. The van der Waals surface area contributed by atoms with E-state index in [-0.39, 0.29) is 17.0 Å². The average Bonchev–Trinajstić information content (AvgIpc) is 2.93. The molecule has 0 amide bonds. The molecule has 4 atom stereocenters. The molecule has 3 heterocycles. The lowest BCUT2D eigenvalue weighted by atomic mass is 10.1. The second kappa shape index (κ2) is 4.52. The number of nitrogens with one attached hydrogen (secondary N) is 1. The summed E-state index contributed by atoms with van der Waals surface area (Å²) in [5, 5.41) is 28.7. The molecular weight excluding hydrogens is 270 g/mol. The van der Waals surface area contributed by atoms with Gasteiger partial charge in [0.25, 0.3) is 0 Å². The van der Waals surface area contributed by atoms with Gasteiger partial charge in [-0.2, -0.15) is 4.98 Å². The van der Waals surface area contributed by atoms with Gasteiger partial charge in [-0.1, -0.05) is 0 Å². The maximum Gasteiger partial charge on any atom is 0.348 e. The first kappa shape index (κ1) is 13.0. The monoisotopic (exact) mass is 283 g/mol. The first-order valence-corrected chi connectivity index (χ1v) is 5.87. The highest BCUT2D eigenvalue weighted by Crippen LogP contribution is 2.31. The molecule has 1 fully saturated rings. The molecule has 3 rings (SSSR count). The van der Waals surface area contributed by atoms with Crippen molar-refractivity contribution in [2.75, 3.05) is 12.3 Å². The maximum atomic E-state index is 11.4. The van der Waals surface area contributed by atoms with Crippen LogP contribution in [0.2, 0.25) is 0 Å². The number of nitrogens with zero attached hydrogens (tertiary/aromatic N) is 3. The van der Waals surface area contributed by atoms with Gasteiger partial charge in [0.15, 0.2) is 11.9 Å². The lowest BCUT2D eigenvalue weighted by Crippen LogP contribution is -2.33. The van der Waals surface area contributed by atoms with Gasteiger partial charge in [0.05, 0.1) is 12.9 Å². The van der Waals surface area contributed by atoms with Crippen molar-refractivity contribution in [1.82, 2.24) is 19.5 Å². The van der Waals surface area contributed by atoms with Gasteiger partial charge >= 0.3 is 5.69 Å². The molecule has 0 unspecified atom stereocenters. The van der Waals surface area contributed by atoms with E-state index < -0.39 is 36.8 Å². The van der Waals surface area contributed by atoms with Crippen molar-refractivity contribution in [1.29, 1.82) is 0 Å². The second-order valence-electron chi connectivity index (χ2n) is 4.51. The number of fused-ring (bicyclic) bond motifs is 1. The van der Waals surface area contributed by atoms with Gasteiger partial charge in [-0.15, -0.1) is 0 Å². The van der Waals surface area contributed by atoms with Gasteiger partial charge in [0.2, 0.25) is 0 Å². The van der Waals surface area contributed by atoms with Crippen molar-refractivity contribution in [3.63, 3.8) is 0 Å². The minimum absolute atomic E-state index is 0.0468. The summed E-state index contributed by atoms with van der Waals surface area (Å²) in [6.45, 7) is -0.447. The summed E-state index contributed by atoms with van der Waals surface area (Å²) in [6, 6.07) is 0. The lowest BCUT2D eigenvalue weighted by Gasteiger charge is -2.16. The number of aromatic amines is 1. The number of hydrogen-bond donors (Lipinski definition) is 5. The molecule has 10 nitrogen and oxygen atoms in total. The van der Waals surface area contributed by atoms with E-state index >= 15 is 0 Å². The van der Waals surface area contributed by atoms with Crippen molar-refractivity contribution in [2.45, 2.75) is 24.5 Å². The minimum atomic E-state index is -1.29. The Bertz CT molecular complexity index is 697. The molecule has 1 saturated heterocycles. The van der Waals surface area contributed by atoms with E-state index in [0.29, 0.717) is 0 Å². The number of anilines is 1. The highest BCUT2D eigenvalue weighted by Gasteiger charge is 2.44.